The molecule has 2 rings (SSSR count). The number of fused-ring (bicyclic) bond motifs is 2. The fraction of sp³-hybridized carbons (Fsp3) is 0.778. The minimum Gasteiger partial charge on any atom is -0.481 e. The number of carbonyl (C=O) groups is 2. The Bertz CT molecular complexity index is 236. The quantitative estimate of drug-likeness (QED) is 0.631. The first-order chi connectivity index (χ1) is 5.63. The van der Waals surface area contributed by atoms with Gasteiger partial charge in [0, 0.05) is 5.41 Å². The molecule has 0 unspecified atom stereocenters. The van der Waals surface area contributed by atoms with Crippen LogP contribution >= 0.6 is 0 Å². The normalized spacial score (nSPS) is 44.7. The predicted molar refractivity (Wildman–Crippen MR) is 41.7 cm³/mol. The van der Waals surface area contributed by atoms with E-state index in [1.54, 1.807) is 0 Å². The third-order valence-electron chi connectivity index (χ3n) is 3.60. The largest absolute Gasteiger partial charge is 0.481 e. The number of hydrogen-bond acceptors (Lipinski definition) is 2. The lowest BCUT2D eigenvalue weighted by atomic mass is 9.83. The minimum atomic E-state index is -0.705. The van der Waals surface area contributed by atoms with Crippen LogP contribution in [-0.4, -0.2) is 17.4 Å². The number of carboxylic acid groups (broad SMARTS) is 1. The second kappa shape index (κ2) is 2.09. The Morgan fingerprint density at radius 2 is 1.83 bits per heavy atom. The zero-order chi connectivity index (χ0) is 8.82. The van der Waals surface area contributed by atoms with Crippen molar-refractivity contribution < 1.29 is 14.7 Å². The second-order valence-corrected chi connectivity index (χ2v) is 4.24. The summed E-state index contributed by atoms with van der Waals surface area (Å²) in [6.45, 7) is 0. The number of aldehydes is 1. The van der Waals surface area contributed by atoms with Crippen LogP contribution in [0.2, 0.25) is 0 Å². The van der Waals surface area contributed by atoms with Crippen molar-refractivity contribution in [1.29, 1.82) is 0 Å². The smallest absolute Gasteiger partial charge is 0.309 e. The SMILES string of the molecule is O=CC12CCC(C(=O)O)(CC1)C2. The van der Waals surface area contributed by atoms with E-state index in [0.29, 0.717) is 19.3 Å². The first kappa shape index (κ1) is 7.77. The molecule has 0 aromatic rings. The van der Waals surface area contributed by atoms with Gasteiger partial charge in [0.15, 0.2) is 0 Å². The van der Waals surface area contributed by atoms with Gasteiger partial charge in [0.05, 0.1) is 5.41 Å². The lowest BCUT2D eigenvalue weighted by Gasteiger charge is -2.21. The van der Waals surface area contributed by atoms with Crippen LogP contribution in [-0.2, 0) is 9.59 Å². The van der Waals surface area contributed by atoms with Crippen molar-refractivity contribution in [1.82, 2.24) is 0 Å². The van der Waals surface area contributed by atoms with Crippen molar-refractivity contribution >= 4 is 12.3 Å². The fourth-order valence-corrected chi connectivity index (χ4v) is 2.70. The highest BCUT2D eigenvalue weighted by Gasteiger charge is 2.58. The van der Waals surface area contributed by atoms with E-state index in [4.69, 9.17) is 5.11 Å². The summed E-state index contributed by atoms with van der Waals surface area (Å²) in [7, 11) is 0. The molecule has 0 aliphatic heterocycles. The summed E-state index contributed by atoms with van der Waals surface area (Å²) in [6, 6.07) is 0. The van der Waals surface area contributed by atoms with E-state index < -0.39 is 11.4 Å². The molecule has 1 N–H and O–H groups in total. The van der Waals surface area contributed by atoms with Gasteiger partial charge in [0.25, 0.3) is 0 Å². The molecule has 0 amide bonds. The summed E-state index contributed by atoms with van der Waals surface area (Å²) < 4.78 is 0. The Hall–Kier alpha value is -0.860. The molecule has 66 valence electrons. The van der Waals surface area contributed by atoms with Gasteiger partial charge in [-0.05, 0) is 32.1 Å². The average Bonchev–Trinajstić information content (AvgIpc) is 2.61. The van der Waals surface area contributed by atoms with Gasteiger partial charge in [-0.3, -0.25) is 4.79 Å². The Kier molecular flexibility index (Phi) is 1.35. The maximum atomic E-state index is 10.9. The number of carboxylic acids is 1. The molecule has 2 aliphatic rings. The van der Waals surface area contributed by atoms with Crippen molar-refractivity contribution in [3.63, 3.8) is 0 Å². The van der Waals surface area contributed by atoms with Crippen LogP contribution < -0.4 is 0 Å². The summed E-state index contributed by atoms with van der Waals surface area (Å²) >= 11 is 0. The average molecular weight is 168 g/mol. The van der Waals surface area contributed by atoms with E-state index in [1.165, 1.54) is 0 Å². The van der Waals surface area contributed by atoms with E-state index in [1.807, 2.05) is 0 Å². The molecule has 3 nitrogen and oxygen atoms in total. The number of rotatable bonds is 2. The highest BCUT2D eigenvalue weighted by Crippen LogP contribution is 2.60. The lowest BCUT2D eigenvalue weighted by molar-refractivity contribution is -0.148. The van der Waals surface area contributed by atoms with Gasteiger partial charge in [-0.15, -0.1) is 0 Å². The molecule has 0 spiro atoms. The minimum absolute atomic E-state index is 0.265. The standard InChI is InChI=1S/C9H12O3/c10-6-8-1-3-9(5-8,4-2-8)7(11)12/h6H,1-5H2,(H,11,12). The van der Waals surface area contributed by atoms with Crippen LogP contribution in [0.25, 0.3) is 0 Å². The van der Waals surface area contributed by atoms with Gasteiger partial charge in [0.2, 0.25) is 0 Å². The summed E-state index contributed by atoms with van der Waals surface area (Å²) in [5, 5.41) is 8.98. The Labute approximate surface area is 70.8 Å². The van der Waals surface area contributed by atoms with Gasteiger partial charge in [-0.1, -0.05) is 0 Å². The second-order valence-electron chi connectivity index (χ2n) is 4.24. The Morgan fingerprint density at radius 1 is 1.25 bits per heavy atom. The molecule has 2 aliphatic carbocycles. The summed E-state index contributed by atoms with van der Waals surface area (Å²) in [6.07, 6.45) is 4.51. The highest BCUT2D eigenvalue weighted by atomic mass is 16.4. The predicted octanol–water partition coefficient (Wildman–Crippen LogP) is 1.22. The van der Waals surface area contributed by atoms with Crippen molar-refractivity contribution in [2.75, 3.05) is 0 Å². The molecule has 2 saturated carbocycles. The Balaban J connectivity index is 2.28. The van der Waals surface area contributed by atoms with Crippen molar-refractivity contribution in [2.45, 2.75) is 32.1 Å². The van der Waals surface area contributed by atoms with Crippen molar-refractivity contribution in [3.8, 4) is 0 Å². The van der Waals surface area contributed by atoms with E-state index in [-0.39, 0.29) is 5.41 Å². The van der Waals surface area contributed by atoms with Gasteiger partial charge in [-0.25, -0.2) is 0 Å². The molecule has 0 aromatic carbocycles. The molecular weight excluding hydrogens is 156 g/mol. The maximum absolute atomic E-state index is 10.9. The zero-order valence-electron chi connectivity index (χ0n) is 6.88. The molecule has 0 heterocycles. The van der Waals surface area contributed by atoms with E-state index in [0.717, 1.165) is 19.1 Å². The van der Waals surface area contributed by atoms with Gasteiger partial charge >= 0.3 is 5.97 Å². The van der Waals surface area contributed by atoms with Crippen LogP contribution in [0, 0.1) is 10.8 Å². The zero-order valence-corrected chi connectivity index (χ0v) is 6.88. The maximum Gasteiger partial charge on any atom is 0.309 e. The van der Waals surface area contributed by atoms with E-state index >= 15 is 0 Å². The van der Waals surface area contributed by atoms with Gasteiger partial charge in [0.1, 0.15) is 6.29 Å². The topological polar surface area (TPSA) is 54.4 Å². The van der Waals surface area contributed by atoms with E-state index in [9.17, 15) is 9.59 Å². The molecule has 2 bridgehead atoms. The molecule has 0 aromatic heterocycles. The molecular formula is C9H12O3. The summed E-state index contributed by atoms with van der Waals surface area (Å²) in [4.78, 5) is 21.7. The molecule has 2 fully saturated rings. The summed E-state index contributed by atoms with van der Waals surface area (Å²) in [5.74, 6) is -0.705. The monoisotopic (exact) mass is 168 g/mol. The van der Waals surface area contributed by atoms with Crippen LogP contribution in [0.4, 0.5) is 0 Å². The fourth-order valence-electron chi connectivity index (χ4n) is 2.70. The first-order valence-corrected chi connectivity index (χ1v) is 4.32. The van der Waals surface area contributed by atoms with E-state index in [2.05, 4.69) is 0 Å². The van der Waals surface area contributed by atoms with Crippen LogP contribution in [0.15, 0.2) is 0 Å². The number of carbonyl (C=O) groups excluding carboxylic acids is 1. The molecule has 0 radical (unpaired) electrons. The van der Waals surface area contributed by atoms with Gasteiger partial charge in [-0.2, -0.15) is 0 Å². The first-order valence-electron chi connectivity index (χ1n) is 4.32. The van der Waals surface area contributed by atoms with Gasteiger partial charge < -0.3 is 9.90 Å². The molecule has 12 heavy (non-hydrogen) atoms. The molecule has 0 atom stereocenters. The number of aliphatic carboxylic acids is 1. The molecule has 0 saturated heterocycles. The molecule has 3 heteroatoms. The lowest BCUT2D eigenvalue weighted by Crippen LogP contribution is -2.25. The third-order valence-corrected chi connectivity index (χ3v) is 3.60. The van der Waals surface area contributed by atoms with Crippen LogP contribution in [0.3, 0.4) is 0 Å². The summed E-state index contributed by atoms with van der Waals surface area (Å²) in [5.41, 5.74) is -0.806. The Morgan fingerprint density at radius 3 is 2.08 bits per heavy atom. The van der Waals surface area contributed by atoms with Crippen molar-refractivity contribution in [2.24, 2.45) is 10.8 Å². The van der Waals surface area contributed by atoms with Crippen LogP contribution in [0.1, 0.15) is 32.1 Å². The van der Waals surface area contributed by atoms with Crippen molar-refractivity contribution in [3.05, 3.63) is 0 Å². The number of hydrogen-bond donors (Lipinski definition) is 1. The van der Waals surface area contributed by atoms with Crippen LogP contribution in [0.5, 0.6) is 0 Å². The highest BCUT2D eigenvalue weighted by molar-refractivity contribution is 5.78. The third kappa shape index (κ3) is 0.765.